The van der Waals surface area contributed by atoms with Crippen molar-refractivity contribution in [3.05, 3.63) is 95.6 Å². The van der Waals surface area contributed by atoms with Gasteiger partial charge in [-0.25, -0.2) is 4.79 Å². The second-order valence-electron chi connectivity index (χ2n) is 6.29. The number of phenolic OH excluding ortho intramolecular Hbond substituents is 1. The molecule has 0 saturated heterocycles. The second kappa shape index (κ2) is 8.73. The summed E-state index contributed by atoms with van der Waals surface area (Å²) in [6, 6.07) is 22.6. The number of nitrogens with one attached hydrogen (secondary N) is 1. The minimum Gasteiger partial charge on any atom is -0.506 e. The summed E-state index contributed by atoms with van der Waals surface area (Å²) in [6.45, 7) is 0.497. The van der Waals surface area contributed by atoms with Crippen LogP contribution >= 0.6 is 0 Å². The van der Waals surface area contributed by atoms with E-state index in [4.69, 9.17) is 0 Å². The van der Waals surface area contributed by atoms with Crippen molar-refractivity contribution in [2.24, 2.45) is 0 Å². The van der Waals surface area contributed by atoms with Crippen molar-refractivity contribution >= 4 is 17.7 Å². The molecule has 3 aromatic rings. The Labute approximate surface area is 162 Å². The Bertz CT molecular complexity index is 956. The molecule has 0 fully saturated rings. The van der Waals surface area contributed by atoms with Gasteiger partial charge in [-0.05, 0) is 35.4 Å². The number of nitrogens with zero attached hydrogens (tertiary/aromatic N) is 1. The zero-order valence-corrected chi connectivity index (χ0v) is 15.1. The van der Waals surface area contributed by atoms with Crippen LogP contribution in [0.5, 0.6) is 5.75 Å². The highest BCUT2D eigenvalue weighted by atomic mass is 16.4. The van der Waals surface area contributed by atoms with Crippen molar-refractivity contribution in [3.8, 4) is 5.75 Å². The first-order valence-corrected chi connectivity index (χ1v) is 8.73. The van der Waals surface area contributed by atoms with E-state index >= 15 is 0 Å². The minimum atomic E-state index is -1.01. The highest BCUT2D eigenvalue weighted by Crippen LogP contribution is 2.22. The average molecular weight is 376 g/mol. The number of carbonyl (C=O) groups is 2. The maximum Gasteiger partial charge on any atom is 0.407 e. The summed E-state index contributed by atoms with van der Waals surface area (Å²) in [5.41, 5.74) is 2.43. The number of carbonyl (C=O) groups excluding carboxylic acids is 1. The number of anilines is 1. The Morgan fingerprint density at radius 1 is 0.786 bits per heavy atom. The first kappa shape index (κ1) is 19.0. The third-order valence-corrected chi connectivity index (χ3v) is 4.23. The lowest BCUT2D eigenvalue weighted by molar-refractivity contribution is 0.102. The molecule has 2 amide bonds. The van der Waals surface area contributed by atoms with Crippen LogP contribution in [-0.2, 0) is 13.1 Å². The largest absolute Gasteiger partial charge is 0.506 e. The lowest BCUT2D eigenvalue weighted by Crippen LogP contribution is -2.28. The lowest BCUT2D eigenvalue weighted by atomic mass is 10.1. The van der Waals surface area contributed by atoms with Crippen LogP contribution in [0.4, 0.5) is 10.5 Å². The van der Waals surface area contributed by atoms with Crippen molar-refractivity contribution in [1.29, 1.82) is 0 Å². The molecule has 3 rings (SSSR count). The molecule has 142 valence electrons. The maximum atomic E-state index is 12.3. The standard InChI is InChI=1S/C22H20N2O4/c25-20-9-5-4-8-19(20)23-21(26)18-12-10-17(11-13-18)15-24(22(27)28)14-16-6-2-1-3-7-16/h1-13,25H,14-15H2,(H,23,26)(H,27,28). The van der Waals surface area contributed by atoms with E-state index in [1.807, 2.05) is 30.3 Å². The molecular weight excluding hydrogens is 356 g/mol. The molecule has 0 atom stereocenters. The van der Waals surface area contributed by atoms with Crippen LogP contribution < -0.4 is 5.32 Å². The van der Waals surface area contributed by atoms with E-state index in [0.717, 1.165) is 11.1 Å². The van der Waals surface area contributed by atoms with Gasteiger partial charge in [-0.1, -0.05) is 54.6 Å². The van der Waals surface area contributed by atoms with Gasteiger partial charge in [-0.15, -0.1) is 0 Å². The van der Waals surface area contributed by atoms with Gasteiger partial charge < -0.3 is 15.5 Å². The molecule has 6 nitrogen and oxygen atoms in total. The summed E-state index contributed by atoms with van der Waals surface area (Å²) in [5, 5.41) is 21.9. The summed E-state index contributed by atoms with van der Waals surface area (Å²) in [6.07, 6.45) is -1.01. The van der Waals surface area contributed by atoms with E-state index in [9.17, 15) is 19.8 Å². The molecule has 0 spiro atoms. The first-order valence-electron chi connectivity index (χ1n) is 8.73. The third-order valence-electron chi connectivity index (χ3n) is 4.23. The van der Waals surface area contributed by atoms with Crippen molar-refractivity contribution in [3.63, 3.8) is 0 Å². The molecule has 3 aromatic carbocycles. The minimum absolute atomic E-state index is 0.00881. The van der Waals surface area contributed by atoms with Gasteiger partial charge in [0.25, 0.3) is 5.91 Å². The monoisotopic (exact) mass is 376 g/mol. The molecular formula is C22H20N2O4. The molecule has 28 heavy (non-hydrogen) atoms. The van der Waals surface area contributed by atoms with Gasteiger partial charge in [0.2, 0.25) is 0 Å². The summed E-state index contributed by atoms with van der Waals surface area (Å²) in [4.78, 5) is 25.2. The summed E-state index contributed by atoms with van der Waals surface area (Å²) >= 11 is 0. The molecule has 0 bridgehead atoms. The van der Waals surface area contributed by atoms with Gasteiger partial charge >= 0.3 is 6.09 Å². The summed E-state index contributed by atoms with van der Waals surface area (Å²) in [7, 11) is 0. The molecule has 0 heterocycles. The number of hydrogen-bond acceptors (Lipinski definition) is 3. The van der Waals surface area contributed by atoms with E-state index < -0.39 is 6.09 Å². The van der Waals surface area contributed by atoms with Gasteiger partial charge in [0.1, 0.15) is 5.75 Å². The van der Waals surface area contributed by atoms with Crippen molar-refractivity contribution < 1.29 is 19.8 Å². The highest BCUT2D eigenvalue weighted by molar-refractivity contribution is 6.05. The van der Waals surface area contributed by atoms with Crippen molar-refractivity contribution in [2.45, 2.75) is 13.1 Å². The van der Waals surface area contributed by atoms with Crippen LogP contribution in [-0.4, -0.2) is 27.1 Å². The first-order chi connectivity index (χ1) is 13.5. The van der Waals surface area contributed by atoms with Crippen LogP contribution in [0.25, 0.3) is 0 Å². The third kappa shape index (κ3) is 4.88. The Kier molecular flexibility index (Phi) is 5.91. The number of para-hydroxylation sites is 2. The molecule has 0 aromatic heterocycles. The van der Waals surface area contributed by atoms with Crippen molar-refractivity contribution in [2.75, 3.05) is 5.32 Å². The van der Waals surface area contributed by atoms with Crippen LogP contribution in [0, 0.1) is 0 Å². The summed E-state index contributed by atoms with van der Waals surface area (Å²) < 4.78 is 0. The van der Waals surface area contributed by atoms with Crippen LogP contribution in [0.3, 0.4) is 0 Å². The molecule has 3 N–H and O–H groups in total. The van der Waals surface area contributed by atoms with Crippen LogP contribution in [0.15, 0.2) is 78.9 Å². The van der Waals surface area contributed by atoms with Gasteiger partial charge in [0, 0.05) is 18.7 Å². The zero-order chi connectivity index (χ0) is 19.9. The Balaban J connectivity index is 1.66. The summed E-state index contributed by atoms with van der Waals surface area (Å²) in [5.74, 6) is -0.363. The smallest absolute Gasteiger partial charge is 0.407 e. The quantitative estimate of drug-likeness (QED) is 0.559. The number of carboxylic acid groups (broad SMARTS) is 1. The van der Waals surface area contributed by atoms with E-state index in [0.29, 0.717) is 11.3 Å². The van der Waals surface area contributed by atoms with E-state index in [-0.39, 0.29) is 24.7 Å². The van der Waals surface area contributed by atoms with Crippen LogP contribution in [0.2, 0.25) is 0 Å². The predicted molar refractivity (Wildman–Crippen MR) is 106 cm³/mol. The Hall–Kier alpha value is -3.80. The van der Waals surface area contributed by atoms with E-state index in [1.165, 1.54) is 11.0 Å². The highest BCUT2D eigenvalue weighted by Gasteiger charge is 2.14. The van der Waals surface area contributed by atoms with Gasteiger partial charge in [-0.2, -0.15) is 0 Å². The fraction of sp³-hybridized carbons (Fsp3) is 0.0909. The Morgan fingerprint density at radius 3 is 1.96 bits per heavy atom. The average Bonchev–Trinajstić information content (AvgIpc) is 2.70. The maximum absolute atomic E-state index is 12.3. The predicted octanol–water partition coefficient (Wildman–Crippen LogP) is 4.32. The zero-order valence-electron chi connectivity index (χ0n) is 15.1. The number of rotatable bonds is 6. The normalized spacial score (nSPS) is 10.3. The number of aromatic hydroxyl groups is 1. The lowest BCUT2D eigenvalue weighted by Gasteiger charge is -2.19. The number of amides is 2. The van der Waals surface area contributed by atoms with Crippen LogP contribution in [0.1, 0.15) is 21.5 Å². The molecule has 0 radical (unpaired) electrons. The van der Waals surface area contributed by atoms with Gasteiger partial charge in [0.05, 0.1) is 5.69 Å². The molecule has 6 heteroatoms. The van der Waals surface area contributed by atoms with Gasteiger partial charge in [-0.3, -0.25) is 9.69 Å². The molecule has 0 unspecified atom stereocenters. The fourth-order valence-corrected chi connectivity index (χ4v) is 2.75. The SMILES string of the molecule is O=C(Nc1ccccc1O)c1ccc(CN(Cc2ccccc2)C(=O)O)cc1. The Morgan fingerprint density at radius 2 is 1.36 bits per heavy atom. The molecule has 0 aliphatic heterocycles. The van der Waals surface area contributed by atoms with Gasteiger partial charge in [0.15, 0.2) is 0 Å². The van der Waals surface area contributed by atoms with E-state index in [2.05, 4.69) is 5.32 Å². The van der Waals surface area contributed by atoms with Crippen molar-refractivity contribution in [1.82, 2.24) is 4.90 Å². The fourth-order valence-electron chi connectivity index (χ4n) is 2.75. The molecule has 0 aliphatic carbocycles. The number of phenols is 1. The van der Waals surface area contributed by atoms with E-state index in [1.54, 1.807) is 42.5 Å². The number of benzene rings is 3. The topological polar surface area (TPSA) is 89.9 Å². The second-order valence-corrected chi connectivity index (χ2v) is 6.29. The molecule has 0 aliphatic rings. The molecule has 0 saturated carbocycles. The number of hydrogen-bond donors (Lipinski definition) is 3.